The van der Waals surface area contributed by atoms with Gasteiger partial charge in [0.15, 0.2) is 0 Å². The average Bonchev–Trinajstić information content (AvgIpc) is 2.55. The van der Waals surface area contributed by atoms with E-state index in [-0.39, 0.29) is 5.54 Å². The molecule has 2 rings (SSSR count). The highest BCUT2D eigenvalue weighted by Crippen LogP contribution is 2.33. The van der Waals surface area contributed by atoms with E-state index in [1.807, 2.05) is 6.07 Å². The highest BCUT2D eigenvalue weighted by Gasteiger charge is 2.30. The van der Waals surface area contributed by atoms with Crippen molar-refractivity contribution in [2.75, 3.05) is 6.54 Å². The van der Waals surface area contributed by atoms with Gasteiger partial charge in [0.2, 0.25) is 0 Å². The fourth-order valence-electron chi connectivity index (χ4n) is 2.68. The molecule has 16 heavy (non-hydrogen) atoms. The molecular formula is C14H20ClN. The molecule has 1 N–H and O–H groups in total. The summed E-state index contributed by atoms with van der Waals surface area (Å²) in [7, 11) is 0. The van der Waals surface area contributed by atoms with Crippen LogP contribution in [0.15, 0.2) is 24.3 Å². The van der Waals surface area contributed by atoms with Gasteiger partial charge in [-0.1, -0.05) is 43.5 Å². The maximum atomic E-state index is 6.10. The maximum Gasteiger partial charge on any atom is 0.0432 e. The third kappa shape index (κ3) is 2.41. The standard InChI is InChI=1S/C14H20ClN/c1-2-14(9-4-3-5-10-16-14)12-7-6-8-13(15)11-12/h6-8,11,16H,2-5,9-10H2,1H3. The first-order valence-electron chi connectivity index (χ1n) is 6.28. The van der Waals surface area contributed by atoms with E-state index in [0.717, 1.165) is 18.0 Å². The summed E-state index contributed by atoms with van der Waals surface area (Å²) in [6, 6.07) is 8.32. The van der Waals surface area contributed by atoms with E-state index < -0.39 is 0 Å². The van der Waals surface area contributed by atoms with Crippen LogP contribution < -0.4 is 5.32 Å². The van der Waals surface area contributed by atoms with Gasteiger partial charge >= 0.3 is 0 Å². The molecule has 0 aliphatic carbocycles. The Morgan fingerprint density at radius 2 is 2.19 bits per heavy atom. The third-order valence-electron chi connectivity index (χ3n) is 3.72. The van der Waals surface area contributed by atoms with Gasteiger partial charge in [-0.25, -0.2) is 0 Å². The van der Waals surface area contributed by atoms with Crippen molar-refractivity contribution in [2.24, 2.45) is 0 Å². The summed E-state index contributed by atoms with van der Waals surface area (Å²) >= 11 is 6.10. The molecule has 1 nitrogen and oxygen atoms in total. The largest absolute Gasteiger partial charge is 0.307 e. The second-order valence-corrected chi connectivity index (χ2v) is 5.12. The van der Waals surface area contributed by atoms with Crippen LogP contribution in [0.4, 0.5) is 0 Å². The van der Waals surface area contributed by atoms with Crippen molar-refractivity contribution in [3.8, 4) is 0 Å². The van der Waals surface area contributed by atoms with E-state index in [0.29, 0.717) is 0 Å². The lowest BCUT2D eigenvalue weighted by Gasteiger charge is -2.33. The average molecular weight is 238 g/mol. The Balaban J connectivity index is 2.31. The monoisotopic (exact) mass is 237 g/mol. The Labute approximate surface area is 103 Å². The number of rotatable bonds is 2. The number of benzene rings is 1. The minimum Gasteiger partial charge on any atom is -0.307 e. The molecule has 1 fully saturated rings. The molecule has 0 radical (unpaired) electrons. The summed E-state index contributed by atoms with van der Waals surface area (Å²) in [5.41, 5.74) is 1.51. The lowest BCUT2D eigenvalue weighted by molar-refractivity contribution is 0.312. The fourth-order valence-corrected chi connectivity index (χ4v) is 2.87. The van der Waals surface area contributed by atoms with Gasteiger partial charge in [-0.15, -0.1) is 0 Å². The summed E-state index contributed by atoms with van der Waals surface area (Å²) in [5, 5.41) is 4.57. The molecule has 1 unspecified atom stereocenters. The van der Waals surface area contributed by atoms with Gasteiger partial charge < -0.3 is 5.32 Å². The van der Waals surface area contributed by atoms with E-state index in [2.05, 4.69) is 30.4 Å². The fraction of sp³-hybridized carbons (Fsp3) is 0.571. The Morgan fingerprint density at radius 3 is 2.94 bits per heavy atom. The molecule has 0 bridgehead atoms. The topological polar surface area (TPSA) is 12.0 Å². The second kappa shape index (κ2) is 5.20. The summed E-state index contributed by atoms with van der Waals surface area (Å²) in [6.45, 7) is 3.39. The van der Waals surface area contributed by atoms with Crippen molar-refractivity contribution in [1.82, 2.24) is 5.32 Å². The number of halogens is 1. The molecule has 1 aromatic rings. The van der Waals surface area contributed by atoms with Crippen LogP contribution in [0.5, 0.6) is 0 Å². The number of hydrogen-bond donors (Lipinski definition) is 1. The zero-order chi connectivity index (χ0) is 11.4. The van der Waals surface area contributed by atoms with Gasteiger partial charge in [-0.2, -0.15) is 0 Å². The van der Waals surface area contributed by atoms with Crippen LogP contribution >= 0.6 is 11.6 Å². The Bertz CT molecular complexity index is 340. The molecule has 1 atom stereocenters. The maximum absolute atomic E-state index is 6.10. The summed E-state index contributed by atoms with van der Waals surface area (Å²) in [4.78, 5) is 0. The minimum absolute atomic E-state index is 0.154. The molecule has 1 aromatic carbocycles. The second-order valence-electron chi connectivity index (χ2n) is 4.68. The molecule has 1 saturated heterocycles. The molecule has 0 spiro atoms. The SMILES string of the molecule is CCC1(c2cccc(Cl)c2)CCCCCN1. The van der Waals surface area contributed by atoms with Crippen LogP contribution in [0, 0.1) is 0 Å². The van der Waals surface area contributed by atoms with Gasteiger partial charge in [0.05, 0.1) is 0 Å². The Hall–Kier alpha value is -0.530. The van der Waals surface area contributed by atoms with Crippen LogP contribution in [-0.2, 0) is 5.54 Å². The summed E-state index contributed by atoms with van der Waals surface area (Å²) in [5.74, 6) is 0. The van der Waals surface area contributed by atoms with Gasteiger partial charge in [0.25, 0.3) is 0 Å². The minimum atomic E-state index is 0.154. The van der Waals surface area contributed by atoms with Gasteiger partial charge in [-0.05, 0) is 43.5 Å². The van der Waals surface area contributed by atoms with Crippen LogP contribution in [0.3, 0.4) is 0 Å². The summed E-state index contributed by atoms with van der Waals surface area (Å²) < 4.78 is 0. The van der Waals surface area contributed by atoms with Gasteiger partial charge in [0.1, 0.15) is 0 Å². The normalized spacial score (nSPS) is 26.4. The van der Waals surface area contributed by atoms with Crippen molar-refractivity contribution in [3.05, 3.63) is 34.9 Å². The predicted molar refractivity (Wildman–Crippen MR) is 69.9 cm³/mol. The van der Waals surface area contributed by atoms with E-state index in [4.69, 9.17) is 11.6 Å². The highest BCUT2D eigenvalue weighted by atomic mass is 35.5. The van der Waals surface area contributed by atoms with Crippen LogP contribution in [0.2, 0.25) is 5.02 Å². The predicted octanol–water partition coefficient (Wildman–Crippen LogP) is 4.11. The lowest BCUT2D eigenvalue weighted by atomic mass is 9.83. The molecule has 0 amide bonds. The van der Waals surface area contributed by atoms with Crippen LogP contribution in [0.25, 0.3) is 0 Å². The first-order valence-corrected chi connectivity index (χ1v) is 6.66. The van der Waals surface area contributed by atoms with Crippen molar-refractivity contribution < 1.29 is 0 Å². The van der Waals surface area contributed by atoms with Gasteiger partial charge in [-0.3, -0.25) is 0 Å². The Kier molecular flexibility index (Phi) is 3.88. The van der Waals surface area contributed by atoms with Crippen molar-refractivity contribution in [2.45, 2.75) is 44.6 Å². The van der Waals surface area contributed by atoms with E-state index >= 15 is 0 Å². The first kappa shape index (κ1) is 11.9. The quantitative estimate of drug-likeness (QED) is 0.817. The van der Waals surface area contributed by atoms with E-state index in [1.54, 1.807) is 0 Å². The highest BCUT2D eigenvalue weighted by molar-refractivity contribution is 6.30. The summed E-state index contributed by atoms with van der Waals surface area (Å²) in [6.07, 6.45) is 6.31. The molecular weight excluding hydrogens is 218 g/mol. The van der Waals surface area contributed by atoms with Crippen LogP contribution in [0.1, 0.15) is 44.6 Å². The molecule has 1 aliphatic rings. The van der Waals surface area contributed by atoms with Crippen molar-refractivity contribution >= 4 is 11.6 Å². The molecule has 0 saturated carbocycles. The smallest absolute Gasteiger partial charge is 0.0432 e. The lowest BCUT2D eigenvalue weighted by Crippen LogP contribution is -2.41. The molecule has 1 aliphatic heterocycles. The number of hydrogen-bond acceptors (Lipinski definition) is 1. The van der Waals surface area contributed by atoms with Crippen molar-refractivity contribution in [3.63, 3.8) is 0 Å². The third-order valence-corrected chi connectivity index (χ3v) is 3.96. The van der Waals surface area contributed by atoms with E-state index in [9.17, 15) is 0 Å². The zero-order valence-corrected chi connectivity index (χ0v) is 10.7. The Morgan fingerprint density at radius 1 is 1.31 bits per heavy atom. The number of nitrogens with one attached hydrogen (secondary N) is 1. The van der Waals surface area contributed by atoms with Gasteiger partial charge in [0, 0.05) is 10.6 Å². The van der Waals surface area contributed by atoms with Crippen LogP contribution in [-0.4, -0.2) is 6.54 Å². The first-order chi connectivity index (χ1) is 7.77. The molecule has 2 heteroatoms. The van der Waals surface area contributed by atoms with E-state index in [1.165, 1.54) is 31.2 Å². The zero-order valence-electron chi connectivity index (χ0n) is 9.93. The molecule has 0 aromatic heterocycles. The van der Waals surface area contributed by atoms with Crippen molar-refractivity contribution in [1.29, 1.82) is 0 Å². The molecule has 88 valence electrons. The molecule has 1 heterocycles.